The predicted octanol–water partition coefficient (Wildman–Crippen LogP) is 3.58. The van der Waals surface area contributed by atoms with Gasteiger partial charge in [-0.05, 0) is 42.7 Å². The van der Waals surface area contributed by atoms with Crippen LogP contribution in [0.2, 0.25) is 0 Å². The summed E-state index contributed by atoms with van der Waals surface area (Å²) in [5.74, 6) is 1.11. The Hall–Kier alpha value is -3.81. The van der Waals surface area contributed by atoms with Gasteiger partial charge in [-0.1, -0.05) is 30.3 Å². The lowest BCUT2D eigenvalue weighted by Gasteiger charge is -2.33. The third kappa shape index (κ3) is 5.34. The molecule has 2 N–H and O–H groups in total. The number of aromatic nitrogens is 2. The number of anilines is 1. The Labute approximate surface area is 193 Å². The molecule has 1 aromatic heterocycles. The molecule has 3 aromatic rings. The highest BCUT2D eigenvalue weighted by Crippen LogP contribution is 2.25. The number of aryl methyl sites for hydroxylation is 1. The topological polar surface area (TPSA) is 88.5 Å². The maximum absolute atomic E-state index is 13.3. The van der Waals surface area contributed by atoms with Gasteiger partial charge in [0.15, 0.2) is 0 Å². The second kappa shape index (κ2) is 10.2. The molecule has 0 unspecified atom stereocenters. The normalized spacial score (nSPS) is 16.7. The van der Waals surface area contributed by atoms with Crippen LogP contribution in [0.25, 0.3) is 0 Å². The highest BCUT2D eigenvalue weighted by Gasteiger charge is 2.31. The van der Waals surface area contributed by atoms with E-state index in [9.17, 15) is 9.59 Å². The summed E-state index contributed by atoms with van der Waals surface area (Å²) in [7, 11) is 3.52. The summed E-state index contributed by atoms with van der Waals surface area (Å²) in [6.07, 6.45) is 5.08. The minimum atomic E-state index is -0.406. The molecular weight excluding hydrogens is 418 g/mol. The van der Waals surface area contributed by atoms with Crippen LogP contribution in [0.5, 0.6) is 5.75 Å². The van der Waals surface area contributed by atoms with Crippen molar-refractivity contribution in [3.8, 4) is 5.75 Å². The highest BCUT2D eigenvalue weighted by molar-refractivity contribution is 5.90. The van der Waals surface area contributed by atoms with Crippen LogP contribution in [0.1, 0.15) is 30.3 Å². The minimum Gasteiger partial charge on any atom is -0.497 e. The number of imidazole rings is 1. The Bertz CT molecular complexity index is 1080. The number of likely N-dealkylation sites (tertiary alicyclic amines) is 1. The number of amides is 3. The van der Waals surface area contributed by atoms with Gasteiger partial charge in [-0.25, -0.2) is 9.78 Å². The summed E-state index contributed by atoms with van der Waals surface area (Å²) in [5.41, 5.74) is 1.65. The van der Waals surface area contributed by atoms with Crippen LogP contribution in [0, 0.1) is 5.92 Å². The van der Waals surface area contributed by atoms with Crippen molar-refractivity contribution in [1.29, 1.82) is 0 Å². The SMILES string of the molecule is COc1ccc([C@H](NC(=O)[C@H]2CCCN(C(=O)Nc3ccccc3)C2)c2nccn2C)cc1. The summed E-state index contributed by atoms with van der Waals surface area (Å²) in [4.78, 5) is 32.2. The third-order valence-electron chi connectivity index (χ3n) is 5.96. The number of carbonyl (C=O) groups excluding carboxylic acids is 2. The van der Waals surface area contributed by atoms with E-state index in [1.165, 1.54) is 0 Å². The molecule has 0 radical (unpaired) electrons. The van der Waals surface area contributed by atoms with Gasteiger partial charge in [0.2, 0.25) is 5.91 Å². The summed E-state index contributed by atoms with van der Waals surface area (Å²) >= 11 is 0. The fraction of sp³-hybridized carbons (Fsp3) is 0.320. The molecule has 0 spiro atoms. The Morgan fingerprint density at radius 3 is 2.55 bits per heavy atom. The first-order valence-corrected chi connectivity index (χ1v) is 11.1. The van der Waals surface area contributed by atoms with E-state index in [-0.39, 0.29) is 17.9 Å². The van der Waals surface area contributed by atoms with Crippen LogP contribution in [-0.4, -0.2) is 46.6 Å². The number of nitrogens with zero attached hydrogens (tertiary/aromatic N) is 3. The van der Waals surface area contributed by atoms with Crippen LogP contribution in [-0.2, 0) is 11.8 Å². The average molecular weight is 448 g/mol. The number of hydrogen-bond donors (Lipinski definition) is 2. The van der Waals surface area contributed by atoms with Crippen molar-refractivity contribution in [2.45, 2.75) is 18.9 Å². The molecule has 1 fully saturated rings. The standard InChI is InChI=1S/C25H29N5O3/c1-29-16-14-26-23(29)22(18-10-12-21(33-2)13-11-18)28-24(31)19-7-6-15-30(17-19)25(32)27-20-8-4-3-5-9-20/h3-5,8-14,16,19,22H,6-7,15,17H2,1-2H3,(H,27,32)(H,28,31)/t19-,22-/m0/s1. The second-order valence-electron chi connectivity index (χ2n) is 8.19. The van der Waals surface area contributed by atoms with Crippen molar-refractivity contribution in [3.63, 3.8) is 0 Å². The second-order valence-corrected chi connectivity index (χ2v) is 8.19. The monoisotopic (exact) mass is 447 g/mol. The molecule has 0 saturated carbocycles. The molecule has 1 aliphatic heterocycles. The van der Waals surface area contributed by atoms with Crippen LogP contribution < -0.4 is 15.4 Å². The Morgan fingerprint density at radius 1 is 1.12 bits per heavy atom. The quantitative estimate of drug-likeness (QED) is 0.605. The lowest BCUT2D eigenvalue weighted by molar-refractivity contribution is -0.126. The summed E-state index contributed by atoms with van der Waals surface area (Å²) in [5, 5.41) is 6.08. The molecule has 3 amide bonds. The zero-order valence-corrected chi connectivity index (χ0v) is 18.9. The van der Waals surface area contributed by atoms with Crippen molar-refractivity contribution < 1.29 is 14.3 Å². The van der Waals surface area contributed by atoms with E-state index in [0.717, 1.165) is 35.7 Å². The molecule has 1 aliphatic rings. The number of urea groups is 1. The Kier molecular flexibility index (Phi) is 6.92. The Morgan fingerprint density at radius 2 is 1.88 bits per heavy atom. The number of benzene rings is 2. The number of rotatable bonds is 6. The van der Waals surface area contributed by atoms with E-state index in [4.69, 9.17) is 4.74 Å². The molecule has 0 aliphatic carbocycles. The van der Waals surface area contributed by atoms with E-state index in [0.29, 0.717) is 13.1 Å². The van der Waals surface area contributed by atoms with E-state index >= 15 is 0 Å². The Balaban J connectivity index is 1.46. The van der Waals surface area contributed by atoms with Gasteiger partial charge < -0.3 is 24.8 Å². The minimum absolute atomic E-state index is 0.0870. The highest BCUT2D eigenvalue weighted by atomic mass is 16.5. The molecule has 33 heavy (non-hydrogen) atoms. The fourth-order valence-electron chi connectivity index (χ4n) is 4.11. The fourth-order valence-corrected chi connectivity index (χ4v) is 4.11. The molecule has 8 nitrogen and oxygen atoms in total. The summed E-state index contributed by atoms with van der Waals surface area (Å²) < 4.78 is 7.16. The molecular formula is C25H29N5O3. The number of ether oxygens (including phenoxy) is 1. The molecule has 172 valence electrons. The molecule has 2 heterocycles. The van der Waals surface area contributed by atoms with Gasteiger partial charge in [0.1, 0.15) is 17.6 Å². The van der Waals surface area contributed by atoms with Gasteiger partial charge in [0.25, 0.3) is 0 Å². The van der Waals surface area contributed by atoms with E-state index in [1.807, 2.05) is 72.4 Å². The average Bonchev–Trinajstić information content (AvgIpc) is 3.28. The summed E-state index contributed by atoms with van der Waals surface area (Å²) in [6, 6.07) is 16.3. The number of piperidine rings is 1. The predicted molar refractivity (Wildman–Crippen MR) is 126 cm³/mol. The van der Waals surface area contributed by atoms with Crippen molar-refractivity contribution in [2.24, 2.45) is 13.0 Å². The largest absolute Gasteiger partial charge is 0.497 e. The zero-order valence-electron chi connectivity index (χ0n) is 18.9. The van der Waals surface area contributed by atoms with Crippen LogP contribution >= 0.6 is 0 Å². The number of para-hydroxylation sites is 1. The molecule has 2 aromatic carbocycles. The zero-order chi connectivity index (χ0) is 23.2. The first kappa shape index (κ1) is 22.4. The van der Waals surface area contributed by atoms with Gasteiger partial charge >= 0.3 is 6.03 Å². The van der Waals surface area contributed by atoms with Crippen molar-refractivity contribution in [2.75, 3.05) is 25.5 Å². The number of methoxy groups -OCH3 is 1. The lowest BCUT2D eigenvalue weighted by Crippen LogP contribution is -2.47. The van der Waals surface area contributed by atoms with Crippen molar-refractivity contribution in [3.05, 3.63) is 78.4 Å². The van der Waals surface area contributed by atoms with Crippen LogP contribution in [0.3, 0.4) is 0 Å². The molecule has 1 saturated heterocycles. The molecule has 0 bridgehead atoms. The van der Waals surface area contributed by atoms with Crippen LogP contribution in [0.4, 0.5) is 10.5 Å². The molecule has 4 rings (SSSR count). The molecule has 8 heteroatoms. The maximum Gasteiger partial charge on any atom is 0.321 e. The van der Waals surface area contributed by atoms with E-state index in [1.54, 1.807) is 18.2 Å². The van der Waals surface area contributed by atoms with Crippen molar-refractivity contribution >= 4 is 17.6 Å². The van der Waals surface area contributed by atoms with Gasteiger partial charge in [-0.3, -0.25) is 4.79 Å². The number of carbonyl (C=O) groups is 2. The van der Waals surface area contributed by atoms with Gasteiger partial charge in [0.05, 0.1) is 13.0 Å². The first-order chi connectivity index (χ1) is 16.0. The first-order valence-electron chi connectivity index (χ1n) is 11.1. The number of hydrogen-bond acceptors (Lipinski definition) is 4. The van der Waals surface area contributed by atoms with Gasteiger partial charge in [0, 0.05) is 38.2 Å². The summed E-state index contributed by atoms with van der Waals surface area (Å²) in [6.45, 7) is 1.00. The smallest absolute Gasteiger partial charge is 0.321 e. The van der Waals surface area contributed by atoms with Gasteiger partial charge in [-0.2, -0.15) is 0 Å². The van der Waals surface area contributed by atoms with Crippen LogP contribution in [0.15, 0.2) is 67.0 Å². The maximum atomic E-state index is 13.3. The number of nitrogens with one attached hydrogen (secondary N) is 2. The van der Waals surface area contributed by atoms with Crippen molar-refractivity contribution in [1.82, 2.24) is 19.8 Å². The van der Waals surface area contributed by atoms with E-state index < -0.39 is 6.04 Å². The third-order valence-corrected chi connectivity index (χ3v) is 5.96. The molecule has 2 atom stereocenters. The van der Waals surface area contributed by atoms with Gasteiger partial charge in [-0.15, -0.1) is 0 Å². The van der Waals surface area contributed by atoms with E-state index in [2.05, 4.69) is 15.6 Å². The lowest BCUT2D eigenvalue weighted by atomic mass is 9.96.